The van der Waals surface area contributed by atoms with Gasteiger partial charge in [0.1, 0.15) is 5.75 Å². The van der Waals surface area contributed by atoms with E-state index in [9.17, 15) is 9.90 Å². The highest BCUT2D eigenvalue weighted by Crippen LogP contribution is 2.10. The number of phenols is 1. The topological polar surface area (TPSA) is 85.8 Å². The van der Waals surface area contributed by atoms with E-state index in [1.165, 1.54) is 5.56 Å². The lowest BCUT2D eigenvalue weighted by molar-refractivity contribution is -0.121. The minimum atomic E-state index is -0.236. The summed E-state index contributed by atoms with van der Waals surface area (Å²) in [7, 11) is 1.68. The normalized spacial score (nSPS) is 11.4. The summed E-state index contributed by atoms with van der Waals surface area (Å²) in [4.78, 5) is 15.8. The number of nitrogens with one attached hydrogen (secondary N) is 3. The Morgan fingerprint density at radius 2 is 1.79 bits per heavy atom. The first-order valence-corrected chi connectivity index (χ1v) is 7.83. The van der Waals surface area contributed by atoms with Crippen molar-refractivity contribution in [2.75, 3.05) is 20.1 Å². The molecule has 0 saturated carbocycles. The molecule has 0 aliphatic rings. The lowest BCUT2D eigenvalue weighted by Gasteiger charge is -2.21. The van der Waals surface area contributed by atoms with Crippen molar-refractivity contribution in [1.29, 1.82) is 0 Å². The smallest absolute Gasteiger partial charge is 0.239 e. The molecule has 0 radical (unpaired) electrons. The molecule has 0 unspecified atom stereocenters. The molecule has 0 saturated heterocycles. The second-order valence-corrected chi connectivity index (χ2v) is 6.42. The highest BCUT2D eigenvalue weighted by Gasteiger charge is 2.13. The van der Waals surface area contributed by atoms with Crippen LogP contribution in [0, 0.1) is 0 Å². The molecule has 0 aliphatic heterocycles. The van der Waals surface area contributed by atoms with E-state index in [4.69, 9.17) is 0 Å². The number of hydrogen-bond acceptors (Lipinski definition) is 3. The number of aromatic hydroxyl groups is 1. The maximum Gasteiger partial charge on any atom is 0.239 e. The number of aliphatic imine (C=N–C) groups is 1. The van der Waals surface area contributed by atoms with Crippen LogP contribution in [0.25, 0.3) is 0 Å². The largest absolute Gasteiger partial charge is 0.508 e. The van der Waals surface area contributed by atoms with Crippen LogP contribution in [0.1, 0.15) is 32.8 Å². The third-order valence-electron chi connectivity index (χ3n) is 3.03. The van der Waals surface area contributed by atoms with Gasteiger partial charge in [-0.2, -0.15) is 0 Å². The molecule has 136 valence electrons. The van der Waals surface area contributed by atoms with Gasteiger partial charge in [-0.25, -0.2) is 0 Å². The van der Waals surface area contributed by atoms with Gasteiger partial charge in [0, 0.05) is 19.1 Å². The van der Waals surface area contributed by atoms with Crippen molar-refractivity contribution in [3.05, 3.63) is 29.8 Å². The van der Waals surface area contributed by atoms with Crippen LogP contribution in [0.2, 0.25) is 0 Å². The van der Waals surface area contributed by atoms with Gasteiger partial charge in [-0.3, -0.25) is 9.79 Å². The monoisotopic (exact) mass is 448 g/mol. The van der Waals surface area contributed by atoms with Gasteiger partial charge in [0.05, 0.1) is 6.54 Å². The van der Waals surface area contributed by atoms with Crippen LogP contribution in [0.15, 0.2) is 29.3 Å². The van der Waals surface area contributed by atoms with Gasteiger partial charge >= 0.3 is 0 Å². The molecular weight excluding hydrogens is 419 g/mol. The van der Waals surface area contributed by atoms with Gasteiger partial charge in [0.25, 0.3) is 0 Å². The lowest BCUT2D eigenvalue weighted by atomic mass is 10.1. The van der Waals surface area contributed by atoms with Crippen molar-refractivity contribution in [1.82, 2.24) is 16.0 Å². The number of guanidine groups is 1. The maximum atomic E-state index is 11.7. The van der Waals surface area contributed by atoms with E-state index >= 15 is 0 Å². The first-order valence-electron chi connectivity index (χ1n) is 7.83. The van der Waals surface area contributed by atoms with Crippen molar-refractivity contribution in [2.24, 2.45) is 4.99 Å². The molecule has 6 nitrogen and oxygen atoms in total. The van der Waals surface area contributed by atoms with Crippen LogP contribution >= 0.6 is 24.0 Å². The van der Waals surface area contributed by atoms with Crippen molar-refractivity contribution in [3.63, 3.8) is 0 Å². The van der Waals surface area contributed by atoms with E-state index < -0.39 is 0 Å². The first kappa shape index (κ1) is 22.5. The number of carbonyl (C=O) groups excluding carboxylic acids is 1. The van der Waals surface area contributed by atoms with E-state index in [0.717, 1.165) is 19.4 Å². The molecule has 0 aliphatic carbocycles. The SMILES string of the molecule is CN=C(NCCCc1ccc(O)cc1)NCC(=O)NC(C)(C)C.I. The summed E-state index contributed by atoms with van der Waals surface area (Å²) in [6.45, 7) is 6.78. The zero-order valence-electron chi connectivity index (χ0n) is 14.8. The molecule has 7 heteroatoms. The summed E-state index contributed by atoms with van der Waals surface area (Å²) >= 11 is 0. The Kier molecular flexibility index (Phi) is 10.4. The number of hydrogen-bond donors (Lipinski definition) is 4. The summed E-state index contributed by atoms with van der Waals surface area (Å²) in [6.07, 6.45) is 1.84. The maximum absolute atomic E-state index is 11.7. The van der Waals surface area contributed by atoms with Crippen molar-refractivity contribution in [3.8, 4) is 5.75 Å². The Morgan fingerprint density at radius 3 is 2.33 bits per heavy atom. The molecule has 1 aromatic rings. The van der Waals surface area contributed by atoms with Gasteiger partial charge in [0.15, 0.2) is 5.96 Å². The predicted molar refractivity (Wildman–Crippen MR) is 109 cm³/mol. The van der Waals surface area contributed by atoms with Crippen LogP contribution in [0.3, 0.4) is 0 Å². The Bertz CT molecular complexity index is 524. The quantitative estimate of drug-likeness (QED) is 0.232. The van der Waals surface area contributed by atoms with E-state index in [0.29, 0.717) is 5.96 Å². The van der Waals surface area contributed by atoms with E-state index in [1.807, 2.05) is 32.9 Å². The van der Waals surface area contributed by atoms with Crippen molar-refractivity contribution in [2.45, 2.75) is 39.2 Å². The molecule has 0 atom stereocenters. The summed E-state index contributed by atoms with van der Waals surface area (Å²) < 4.78 is 0. The van der Waals surface area contributed by atoms with Crippen LogP contribution in [-0.2, 0) is 11.2 Å². The molecule has 0 aromatic heterocycles. The number of rotatable bonds is 6. The fourth-order valence-electron chi connectivity index (χ4n) is 2.01. The Balaban J connectivity index is 0.00000529. The Morgan fingerprint density at radius 1 is 1.17 bits per heavy atom. The van der Waals surface area contributed by atoms with Crippen LogP contribution in [0.4, 0.5) is 0 Å². The van der Waals surface area contributed by atoms with Gasteiger partial charge in [-0.15, -0.1) is 24.0 Å². The predicted octanol–water partition coefficient (Wildman–Crippen LogP) is 2.02. The third-order valence-corrected chi connectivity index (χ3v) is 3.03. The second kappa shape index (κ2) is 11.1. The summed E-state index contributed by atoms with van der Waals surface area (Å²) in [5.41, 5.74) is 0.942. The summed E-state index contributed by atoms with van der Waals surface area (Å²) in [5, 5.41) is 18.3. The molecule has 0 spiro atoms. The zero-order chi connectivity index (χ0) is 17.3. The molecule has 0 fully saturated rings. The second-order valence-electron chi connectivity index (χ2n) is 6.42. The molecule has 1 aromatic carbocycles. The number of carbonyl (C=O) groups is 1. The molecule has 0 heterocycles. The van der Waals surface area contributed by atoms with E-state index in [-0.39, 0.29) is 47.7 Å². The van der Waals surface area contributed by atoms with Crippen molar-refractivity contribution >= 4 is 35.8 Å². The van der Waals surface area contributed by atoms with Crippen molar-refractivity contribution < 1.29 is 9.90 Å². The number of amides is 1. The van der Waals surface area contributed by atoms with Gasteiger partial charge < -0.3 is 21.1 Å². The fraction of sp³-hybridized carbons (Fsp3) is 0.529. The third kappa shape index (κ3) is 10.3. The van der Waals surface area contributed by atoms with Gasteiger partial charge in [-0.1, -0.05) is 12.1 Å². The minimum Gasteiger partial charge on any atom is -0.508 e. The van der Waals surface area contributed by atoms with Crippen LogP contribution in [0.5, 0.6) is 5.75 Å². The summed E-state index contributed by atoms with van der Waals surface area (Å²) in [5.74, 6) is 0.828. The number of phenolic OH excluding ortho intramolecular Hbond substituents is 1. The fourth-order valence-corrected chi connectivity index (χ4v) is 2.01. The summed E-state index contributed by atoms with van der Waals surface area (Å²) in [6, 6.07) is 7.21. The number of benzene rings is 1. The molecule has 0 bridgehead atoms. The molecule has 24 heavy (non-hydrogen) atoms. The highest BCUT2D eigenvalue weighted by molar-refractivity contribution is 14.0. The average molecular weight is 448 g/mol. The number of aryl methyl sites for hydroxylation is 1. The number of halogens is 1. The zero-order valence-corrected chi connectivity index (χ0v) is 17.2. The minimum absolute atomic E-state index is 0. The van der Waals surface area contributed by atoms with E-state index in [1.54, 1.807) is 19.2 Å². The molecule has 1 amide bonds. The average Bonchev–Trinajstić information content (AvgIpc) is 2.46. The molecule has 4 N–H and O–H groups in total. The lowest BCUT2D eigenvalue weighted by Crippen LogP contribution is -2.48. The Hall–Kier alpha value is -1.51. The first-order chi connectivity index (χ1) is 10.8. The van der Waals surface area contributed by atoms with Crippen LogP contribution in [-0.4, -0.2) is 42.6 Å². The van der Waals surface area contributed by atoms with Gasteiger partial charge in [0.2, 0.25) is 5.91 Å². The highest BCUT2D eigenvalue weighted by atomic mass is 127. The van der Waals surface area contributed by atoms with E-state index in [2.05, 4.69) is 20.9 Å². The standard InChI is InChI=1S/C17H28N4O2.HI/c1-17(2,3)21-15(23)12-20-16(18-4)19-11-5-6-13-7-9-14(22)10-8-13;/h7-10,22H,5-6,11-12H2,1-4H3,(H,21,23)(H2,18,19,20);1H. The number of nitrogens with zero attached hydrogens (tertiary/aromatic N) is 1. The van der Waals surface area contributed by atoms with Gasteiger partial charge in [-0.05, 0) is 51.3 Å². The molecular formula is C17H29IN4O2. The Labute approximate surface area is 161 Å². The van der Waals surface area contributed by atoms with Crippen LogP contribution < -0.4 is 16.0 Å². The molecule has 1 rings (SSSR count).